The van der Waals surface area contributed by atoms with E-state index in [9.17, 15) is 0 Å². The minimum absolute atomic E-state index is 0.156. The highest BCUT2D eigenvalue weighted by Gasteiger charge is 2.19. The number of aromatic nitrogens is 1. The minimum atomic E-state index is 0.156. The first kappa shape index (κ1) is 15.3. The molecule has 0 spiro atoms. The lowest BCUT2D eigenvalue weighted by atomic mass is 9.94. The summed E-state index contributed by atoms with van der Waals surface area (Å²) in [4.78, 5) is 6.99. The van der Waals surface area contributed by atoms with E-state index in [0.717, 1.165) is 31.4 Å². The summed E-state index contributed by atoms with van der Waals surface area (Å²) in [5, 5.41) is 3.54. The Labute approximate surface area is 123 Å². The first-order chi connectivity index (χ1) is 9.48. The van der Waals surface area contributed by atoms with E-state index in [1.54, 1.807) is 0 Å². The smallest absolute Gasteiger partial charge is 0.128 e. The zero-order chi connectivity index (χ0) is 14.6. The van der Waals surface area contributed by atoms with Crippen molar-refractivity contribution in [2.45, 2.75) is 59.0 Å². The molecule has 3 nitrogen and oxygen atoms in total. The standard InChI is InChI=1S/C17H29N3/c1-5-14-7-10-20(11-8-14)16-12-15(6-9-18-16)13-19-17(2,3)4/h6,9,12,14,19H,5,7-8,10-11,13H2,1-4H3. The third-order valence-electron chi connectivity index (χ3n) is 4.15. The van der Waals surface area contributed by atoms with E-state index in [-0.39, 0.29) is 5.54 Å². The Kier molecular flexibility index (Phi) is 5.03. The Balaban J connectivity index is 1.96. The van der Waals surface area contributed by atoms with Crippen LogP contribution in [0.4, 0.5) is 5.82 Å². The van der Waals surface area contributed by atoms with Gasteiger partial charge in [-0.15, -0.1) is 0 Å². The highest BCUT2D eigenvalue weighted by atomic mass is 15.2. The van der Waals surface area contributed by atoms with Crippen molar-refractivity contribution < 1.29 is 0 Å². The molecule has 20 heavy (non-hydrogen) atoms. The highest BCUT2D eigenvalue weighted by molar-refractivity contribution is 5.41. The predicted octanol–water partition coefficient (Wildman–Crippen LogP) is 3.60. The van der Waals surface area contributed by atoms with E-state index >= 15 is 0 Å². The molecule has 1 aliphatic rings. The molecule has 0 aliphatic carbocycles. The average molecular weight is 275 g/mol. The summed E-state index contributed by atoms with van der Waals surface area (Å²) in [5.74, 6) is 2.06. The topological polar surface area (TPSA) is 28.2 Å². The lowest BCUT2D eigenvalue weighted by Gasteiger charge is -2.32. The molecule has 0 aromatic carbocycles. The van der Waals surface area contributed by atoms with Crippen LogP contribution in [0, 0.1) is 5.92 Å². The van der Waals surface area contributed by atoms with Crippen LogP contribution < -0.4 is 10.2 Å². The second kappa shape index (κ2) is 6.57. The number of hydrogen-bond donors (Lipinski definition) is 1. The molecule has 2 rings (SSSR count). The van der Waals surface area contributed by atoms with Crippen molar-refractivity contribution in [2.24, 2.45) is 5.92 Å². The Hall–Kier alpha value is -1.09. The van der Waals surface area contributed by atoms with Crippen LogP contribution >= 0.6 is 0 Å². The molecule has 0 radical (unpaired) electrons. The molecule has 0 atom stereocenters. The van der Waals surface area contributed by atoms with Gasteiger partial charge in [0.2, 0.25) is 0 Å². The number of pyridine rings is 1. The zero-order valence-electron chi connectivity index (χ0n) is 13.4. The second-order valence-corrected chi connectivity index (χ2v) is 6.96. The van der Waals surface area contributed by atoms with Crippen molar-refractivity contribution in [1.29, 1.82) is 0 Å². The van der Waals surface area contributed by atoms with Crippen LogP contribution in [0.1, 0.15) is 52.5 Å². The van der Waals surface area contributed by atoms with Gasteiger partial charge in [-0.05, 0) is 57.2 Å². The maximum Gasteiger partial charge on any atom is 0.128 e. The molecule has 112 valence electrons. The van der Waals surface area contributed by atoms with Crippen molar-refractivity contribution >= 4 is 5.82 Å². The number of nitrogens with one attached hydrogen (secondary N) is 1. The van der Waals surface area contributed by atoms with E-state index in [1.165, 1.54) is 24.8 Å². The predicted molar refractivity (Wildman–Crippen MR) is 86.1 cm³/mol. The normalized spacial score (nSPS) is 17.5. The van der Waals surface area contributed by atoms with Crippen molar-refractivity contribution in [3.63, 3.8) is 0 Å². The van der Waals surface area contributed by atoms with E-state index in [4.69, 9.17) is 0 Å². The van der Waals surface area contributed by atoms with E-state index in [0.29, 0.717) is 0 Å². The van der Waals surface area contributed by atoms with Crippen molar-refractivity contribution in [3.05, 3.63) is 23.9 Å². The third kappa shape index (κ3) is 4.48. The van der Waals surface area contributed by atoms with Gasteiger partial charge in [-0.25, -0.2) is 4.98 Å². The van der Waals surface area contributed by atoms with Gasteiger partial charge < -0.3 is 10.2 Å². The molecule has 1 aliphatic heterocycles. The van der Waals surface area contributed by atoms with Gasteiger partial charge in [-0.3, -0.25) is 0 Å². The molecule has 3 heteroatoms. The van der Waals surface area contributed by atoms with Crippen molar-refractivity contribution in [3.8, 4) is 0 Å². The molecule has 1 saturated heterocycles. The Morgan fingerprint density at radius 2 is 2.00 bits per heavy atom. The molecule has 1 fully saturated rings. The number of anilines is 1. The van der Waals surface area contributed by atoms with Crippen molar-refractivity contribution in [2.75, 3.05) is 18.0 Å². The second-order valence-electron chi connectivity index (χ2n) is 6.96. The summed E-state index contributed by atoms with van der Waals surface area (Å²) in [6.07, 6.45) is 5.88. The maximum atomic E-state index is 4.56. The summed E-state index contributed by atoms with van der Waals surface area (Å²) in [5.41, 5.74) is 1.48. The SMILES string of the molecule is CCC1CCN(c2cc(CNC(C)(C)C)ccn2)CC1. The molecule has 1 aromatic heterocycles. The van der Waals surface area contributed by atoms with Crippen LogP contribution in [-0.4, -0.2) is 23.6 Å². The van der Waals surface area contributed by atoms with Crippen LogP contribution in [0.3, 0.4) is 0 Å². The summed E-state index contributed by atoms with van der Waals surface area (Å²) in [6.45, 7) is 12.1. The third-order valence-corrected chi connectivity index (χ3v) is 4.15. The fourth-order valence-electron chi connectivity index (χ4n) is 2.68. The van der Waals surface area contributed by atoms with E-state index in [2.05, 4.69) is 55.0 Å². The number of nitrogens with zero attached hydrogens (tertiary/aromatic N) is 2. The fraction of sp³-hybridized carbons (Fsp3) is 0.706. The van der Waals surface area contributed by atoms with Gasteiger partial charge in [0.25, 0.3) is 0 Å². The number of hydrogen-bond acceptors (Lipinski definition) is 3. The molecule has 0 amide bonds. The largest absolute Gasteiger partial charge is 0.357 e. The zero-order valence-corrected chi connectivity index (χ0v) is 13.4. The van der Waals surface area contributed by atoms with Crippen LogP contribution in [-0.2, 0) is 6.54 Å². The summed E-state index contributed by atoms with van der Waals surface area (Å²) in [7, 11) is 0. The molecular weight excluding hydrogens is 246 g/mol. The van der Waals surface area contributed by atoms with E-state index < -0.39 is 0 Å². The first-order valence-electron chi connectivity index (χ1n) is 7.93. The quantitative estimate of drug-likeness (QED) is 0.910. The van der Waals surface area contributed by atoms with Gasteiger partial charge in [0.05, 0.1) is 0 Å². The Morgan fingerprint density at radius 1 is 1.30 bits per heavy atom. The average Bonchev–Trinajstić information content (AvgIpc) is 2.45. The summed E-state index contributed by atoms with van der Waals surface area (Å²) < 4.78 is 0. The van der Waals surface area contributed by atoms with E-state index in [1.807, 2.05) is 6.20 Å². The molecule has 1 N–H and O–H groups in total. The molecule has 2 heterocycles. The molecule has 0 saturated carbocycles. The van der Waals surface area contributed by atoms with Crippen LogP contribution in [0.15, 0.2) is 18.3 Å². The van der Waals surface area contributed by atoms with Gasteiger partial charge in [-0.2, -0.15) is 0 Å². The van der Waals surface area contributed by atoms with Gasteiger partial charge in [0, 0.05) is 31.4 Å². The van der Waals surface area contributed by atoms with Gasteiger partial charge in [0.15, 0.2) is 0 Å². The van der Waals surface area contributed by atoms with Crippen LogP contribution in [0.25, 0.3) is 0 Å². The maximum absolute atomic E-state index is 4.56. The highest BCUT2D eigenvalue weighted by Crippen LogP contribution is 2.24. The fourth-order valence-corrected chi connectivity index (χ4v) is 2.68. The molecule has 1 aromatic rings. The Bertz CT molecular complexity index is 414. The monoisotopic (exact) mass is 275 g/mol. The summed E-state index contributed by atoms with van der Waals surface area (Å²) in [6, 6.07) is 4.35. The summed E-state index contributed by atoms with van der Waals surface area (Å²) >= 11 is 0. The molecule has 0 unspecified atom stereocenters. The lowest BCUT2D eigenvalue weighted by Crippen LogP contribution is -2.35. The molecular formula is C17H29N3. The number of rotatable bonds is 4. The van der Waals surface area contributed by atoms with Gasteiger partial charge >= 0.3 is 0 Å². The lowest BCUT2D eigenvalue weighted by molar-refractivity contribution is 0.393. The van der Waals surface area contributed by atoms with Gasteiger partial charge in [0.1, 0.15) is 5.82 Å². The molecule has 0 bridgehead atoms. The Morgan fingerprint density at radius 3 is 2.60 bits per heavy atom. The van der Waals surface area contributed by atoms with Gasteiger partial charge in [-0.1, -0.05) is 13.3 Å². The first-order valence-corrected chi connectivity index (χ1v) is 7.93. The minimum Gasteiger partial charge on any atom is -0.357 e. The van der Waals surface area contributed by atoms with Crippen LogP contribution in [0.2, 0.25) is 0 Å². The number of piperidine rings is 1. The van der Waals surface area contributed by atoms with Crippen LogP contribution in [0.5, 0.6) is 0 Å². The van der Waals surface area contributed by atoms with Crippen molar-refractivity contribution in [1.82, 2.24) is 10.3 Å².